The molecule has 2 amide bonds. The summed E-state index contributed by atoms with van der Waals surface area (Å²) >= 11 is 11.3. The number of halogens is 1. The second-order valence-corrected chi connectivity index (χ2v) is 10.4. The van der Waals surface area contributed by atoms with E-state index in [1.807, 2.05) is 6.92 Å². The molecular weight excluding hydrogens is 466 g/mol. The molecule has 2 aliphatic heterocycles. The van der Waals surface area contributed by atoms with Crippen molar-refractivity contribution in [2.75, 3.05) is 9.80 Å². The molecule has 2 aromatic carbocycles. The van der Waals surface area contributed by atoms with Crippen molar-refractivity contribution >= 4 is 63.8 Å². The van der Waals surface area contributed by atoms with E-state index in [2.05, 4.69) is 63.0 Å². The molecule has 34 heavy (non-hydrogen) atoms. The predicted molar refractivity (Wildman–Crippen MR) is 144 cm³/mol. The molecule has 1 N–H and O–H groups in total. The first-order chi connectivity index (χ1) is 15.9. The number of anilines is 2. The first-order valence-corrected chi connectivity index (χ1v) is 12.0. The second-order valence-electron chi connectivity index (χ2n) is 9.60. The van der Waals surface area contributed by atoms with Gasteiger partial charge < -0.3 is 4.90 Å². The van der Waals surface area contributed by atoms with E-state index in [1.165, 1.54) is 10.5 Å². The average molecular weight is 494 g/mol. The number of aryl methyl sites for hydroxylation is 1. The van der Waals surface area contributed by atoms with Gasteiger partial charge in [-0.15, -0.1) is 0 Å². The lowest BCUT2D eigenvalue weighted by atomic mass is 9.85. The molecule has 1 saturated heterocycles. The number of allylic oxidation sites excluding steroid dienone is 1. The largest absolute Gasteiger partial charge is 0.360 e. The van der Waals surface area contributed by atoms with Crippen molar-refractivity contribution in [2.24, 2.45) is 0 Å². The number of thiocarbonyl (C=S) groups is 1. The summed E-state index contributed by atoms with van der Waals surface area (Å²) in [5.41, 5.74) is 5.67. The van der Waals surface area contributed by atoms with Gasteiger partial charge in [-0.2, -0.15) is 0 Å². The molecule has 0 spiro atoms. The number of carbonyl (C=O) groups is 2. The van der Waals surface area contributed by atoms with E-state index in [4.69, 9.17) is 23.8 Å². The zero-order valence-corrected chi connectivity index (χ0v) is 21.8. The summed E-state index contributed by atoms with van der Waals surface area (Å²) in [5, 5.41) is 3.24. The van der Waals surface area contributed by atoms with E-state index in [0.717, 1.165) is 22.4 Å². The maximum Gasteiger partial charge on any atom is 0.270 e. The van der Waals surface area contributed by atoms with Crippen LogP contribution in [0.2, 0.25) is 5.02 Å². The topological polar surface area (TPSA) is 52.7 Å². The van der Waals surface area contributed by atoms with Crippen molar-refractivity contribution < 1.29 is 9.59 Å². The van der Waals surface area contributed by atoms with Gasteiger partial charge >= 0.3 is 0 Å². The number of nitrogens with zero attached hydrogens (tertiary/aromatic N) is 2. The van der Waals surface area contributed by atoms with E-state index in [1.54, 1.807) is 30.3 Å². The molecule has 0 saturated carbocycles. The number of benzene rings is 2. The van der Waals surface area contributed by atoms with Crippen molar-refractivity contribution in [3.63, 3.8) is 0 Å². The Bertz CT molecular complexity index is 1280. The van der Waals surface area contributed by atoms with Crippen LogP contribution in [0, 0.1) is 6.92 Å². The fraction of sp³-hybridized carbons (Fsp3) is 0.296. The molecule has 0 aromatic heterocycles. The Hall–Kier alpha value is -2.96. The van der Waals surface area contributed by atoms with Gasteiger partial charge in [0.05, 0.1) is 11.2 Å². The number of rotatable bonds is 3. The third kappa shape index (κ3) is 4.17. The highest BCUT2D eigenvalue weighted by Crippen LogP contribution is 2.42. The van der Waals surface area contributed by atoms with Gasteiger partial charge in [0.2, 0.25) is 0 Å². The molecule has 7 heteroatoms. The van der Waals surface area contributed by atoms with Crippen LogP contribution in [0.15, 0.2) is 48.0 Å². The second kappa shape index (κ2) is 8.67. The summed E-state index contributed by atoms with van der Waals surface area (Å²) in [6, 6.07) is 11.3. The van der Waals surface area contributed by atoms with Gasteiger partial charge in [-0.05, 0) is 113 Å². The van der Waals surface area contributed by atoms with E-state index >= 15 is 0 Å². The minimum Gasteiger partial charge on any atom is -0.360 e. The van der Waals surface area contributed by atoms with Gasteiger partial charge in [0, 0.05) is 22.3 Å². The SMILES string of the molecule is CC1=CC(C)(C)N(C(C)C)c2cc(C)c(/C=C3\C(=O)NC(=S)N(c4ccc(Cl)cc4)C3=O)cc21. The molecule has 4 rings (SSSR count). The van der Waals surface area contributed by atoms with Gasteiger partial charge in [0.15, 0.2) is 5.11 Å². The number of fused-ring (bicyclic) bond motifs is 1. The molecule has 2 heterocycles. The van der Waals surface area contributed by atoms with Crippen LogP contribution in [0.1, 0.15) is 51.3 Å². The van der Waals surface area contributed by atoms with Crippen LogP contribution in [0.3, 0.4) is 0 Å². The number of amides is 2. The molecule has 5 nitrogen and oxygen atoms in total. The van der Waals surface area contributed by atoms with Crippen LogP contribution in [0.4, 0.5) is 11.4 Å². The minimum absolute atomic E-state index is 0.0325. The van der Waals surface area contributed by atoms with Crippen molar-refractivity contribution in [2.45, 2.75) is 53.1 Å². The Kier molecular flexibility index (Phi) is 6.17. The van der Waals surface area contributed by atoms with Crippen LogP contribution >= 0.6 is 23.8 Å². The number of carbonyl (C=O) groups excluding carboxylic acids is 2. The number of nitrogens with one attached hydrogen (secondary N) is 1. The molecule has 2 aliphatic rings. The van der Waals surface area contributed by atoms with Crippen molar-refractivity contribution in [1.29, 1.82) is 0 Å². The van der Waals surface area contributed by atoms with Crippen LogP contribution in [-0.2, 0) is 9.59 Å². The van der Waals surface area contributed by atoms with Gasteiger partial charge in [0.25, 0.3) is 11.8 Å². The third-order valence-electron chi connectivity index (χ3n) is 6.26. The van der Waals surface area contributed by atoms with Crippen LogP contribution < -0.4 is 15.1 Å². The fourth-order valence-corrected chi connectivity index (χ4v) is 5.36. The van der Waals surface area contributed by atoms with Crippen molar-refractivity contribution in [3.05, 3.63) is 69.8 Å². The molecule has 2 aromatic rings. The Labute approximate surface area is 211 Å². The summed E-state index contributed by atoms with van der Waals surface area (Å²) in [6.07, 6.45) is 3.92. The lowest BCUT2D eigenvalue weighted by Crippen LogP contribution is -2.54. The summed E-state index contributed by atoms with van der Waals surface area (Å²) < 4.78 is 0. The van der Waals surface area contributed by atoms with Gasteiger partial charge in [-0.1, -0.05) is 17.7 Å². The molecule has 0 atom stereocenters. The molecule has 1 fully saturated rings. The monoisotopic (exact) mass is 493 g/mol. The maximum absolute atomic E-state index is 13.4. The summed E-state index contributed by atoms with van der Waals surface area (Å²) in [6.45, 7) is 12.9. The van der Waals surface area contributed by atoms with Crippen LogP contribution in [0.25, 0.3) is 11.6 Å². The van der Waals surface area contributed by atoms with E-state index < -0.39 is 11.8 Å². The molecule has 0 unspecified atom stereocenters. The Balaban J connectivity index is 1.80. The van der Waals surface area contributed by atoms with Crippen LogP contribution in [-0.4, -0.2) is 28.5 Å². The number of hydrogen-bond acceptors (Lipinski definition) is 4. The van der Waals surface area contributed by atoms with Gasteiger partial charge in [-0.3, -0.25) is 19.8 Å². The Morgan fingerprint density at radius 1 is 1.09 bits per heavy atom. The Morgan fingerprint density at radius 3 is 2.35 bits per heavy atom. The average Bonchev–Trinajstić information content (AvgIpc) is 2.72. The first-order valence-electron chi connectivity index (χ1n) is 11.2. The molecular formula is C27H28ClN3O2S. The zero-order chi connectivity index (χ0) is 24.9. The zero-order valence-electron chi connectivity index (χ0n) is 20.2. The smallest absolute Gasteiger partial charge is 0.270 e. The van der Waals surface area contributed by atoms with Crippen molar-refractivity contribution in [3.8, 4) is 0 Å². The van der Waals surface area contributed by atoms with Crippen LogP contribution in [0.5, 0.6) is 0 Å². The standard InChI is InChI=1S/C27H28ClN3O2S/c1-15(2)31-23-11-16(3)18(12-21(23)17(4)14-27(31,5)6)13-22-24(32)29-26(34)30(25(22)33)20-9-7-19(28)8-10-20/h7-15H,1-6H3,(H,29,32,34)/b22-13+. The molecule has 0 aliphatic carbocycles. The highest BCUT2D eigenvalue weighted by Gasteiger charge is 2.36. The van der Waals surface area contributed by atoms with E-state index in [9.17, 15) is 9.59 Å². The minimum atomic E-state index is -0.505. The van der Waals surface area contributed by atoms with Gasteiger partial charge in [0.1, 0.15) is 5.57 Å². The summed E-state index contributed by atoms with van der Waals surface area (Å²) in [7, 11) is 0. The number of hydrogen-bond donors (Lipinski definition) is 1. The highest BCUT2D eigenvalue weighted by atomic mass is 35.5. The lowest BCUT2D eigenvalue weighted by molar-refractivity contribution is -0.122. The quantitative estimate of drug-likeness (QED) is 0.329. The van der Waals surface area contributed by atoms with E-state index in [0.29, 0.717) is 16.8 Å². The highest BCUT2D eigenvalue weighted by molar-refractivity contribution is 7.80. The molecule has 0 bridgehead atoms. The molecule has 0 radical (unpaired) electrons. The summed E-state index contributed by atoms with van der Waals surface area (Å²) in [5.74, 6) is -0.972. The summed E-state index contributed by atoms with van der Waals surface area (Å²) in [4.78, 5) is 29.9. The first kappa shape index (κ1) is 24.2. The Morgan fingerprint density at radius 2 is 1.74 bits per heavy atom. The fourth-order valence-electron chi connectivity index (χ4n) is 4.95. The third-order valence-corrected chi connectivity index (χ3v) is 6.80. The predicted octanol–water partition coefficient (Wildman–Crippen LogP) is 5.89. The lowest BCUT2D eigenvalue weighted by Gasteiger charge is -2.46. The van der Waals surface area contributed by atoms with Crippen molar-refractivity contribution in [1.82, 2.24) is 5.32 Å². The van der Waals surface area contributed by atoms with E-state index in [-0.39, 0.29) is 16.2 Å². The maximum atomic E-state index is 13.4. The van der Waals surface area contributed by atoms with Gasteiger partial charge in [-0.25, -0.2) is 0 Å². The normalized spacial score (nSPS) is 18.9. The molecule has 176 valence electrons.